The Hall–Kier alpha value is -2.38. The van der Waals surface area contributed by atoms with Crippen LogP contribution in [0.15, 0.2) is 71.1 Å². The molecule has 25 heavy (non-hydrogen) atoms. The Kier molecular flexibility index (Phi) is 5.35. The Bertz CT molecular complexity index is 893. The van der Waals surface area contributed by atoms with E-state index in [9.17, 15) is 8.42 Å². The van der Waals surface area contributed by atoms with Crippen molar-refractivity contribution in [3.05, 3.63) is 71.7 Å². The number of anilines is 2. The first-order valence-electron chi connectivity index (χ1n) is 7.92. The largest absolute Gasteiger partial charge is 0.378 e. The highest BCUT2D eigenvalue weighted by Crippen LogP contribution is 2.24. The minimum atomic E-state index is -3.62. The number of rotatable bonds is 7. The van der Waals surface area contributed by atoms with Gasteiger partial charge >= 0.3 is 0 Å². The van der Waals surface area contributed by atoms with Gasteiger partial charge in [-0.3, -0.25) is 4.72 Å². The molecule has 0 fully saturated rings. The van der Waals surface area contributed by atoms with Crippen molar-refractivity contribution in [3.63, 3.8) is 0 Å². The molecule has 1 atom stereocenters. The average molecular weight is 374 g/mol. The monoisotopic (exact) mass is 373 g/mol. The number of nitrogens with zero attached hydrogens (tertiary/aromatic N) is 1. The van der Waals surface area contributed by atoms with E-state index in [0.717, 1.165) is 12.1 Å². The molecule has 3 aromatic rings. The van der Waals surface area contributed by atoms with Crippen molar-refractivity contribution in [2.45, 2.75) is 24.3 Å². The first kappa shape index (κ1) is 17.4. The summed E-state index contributed by atoms with van der Waals surface area (Å²) in [5.41, 5.74) is 2.08. The maximum atomic E-state index is 12.3. The molecular weight excluding hydrogens is 354 g/mol. The van der Waals surface area contributed by atoms with E-state index in [0.29, 0.717) is 5.13 Å². The van der Waals surface area contributed by atoms with Crippen LogP contribution in [-0.2, 0) is 10.0 Å². The molecule has 0 aliphatic rings. The first-order valence-corrected chi connectivity index (χ1v) is 10.3. The van der Waals surface area contributed by atoms with Gasteiger partial charge in [-0.15, -0.1) is 11.3 Å². The normalized spacial score (nSPS) is 12.5. The number of thiazole rings is 1. The Balaban J connectivity index is 1.73. The van der Waals surface area contributed by atoms with Gasteiger partial charge in [-0.2, -0.15) is 0 Å². The Morgan fingerprint density at radius 2 is 1.80 bits per heavy atom. The summed E-state index contributed by atoms with van der Waals surface area (Å²) in [7, 11) is -3.62. The number of benzene rings is 2. The number of hydrogen-bond acceptors (Lipinski definition) is 5. The van der Waals surface area contributed by atoms with Gasteiger partial charge in [0.15, 0.2) is 5.13 Å². The van der Waals surface area contributed by atoms with Crippen molar-refractivity contribution in [1.29, 1.82) is 0 Å². The van der Waals surface area contributed by atoms with Crippen LogP contribution < -0.4 is 10.0 Å². The van der Waals surface area contributed by atoms with Gasteiger partial charge < -0.3 is 5.32 Å². The van der Waals surface area contributed by atoms with E-state index < -0.39 is 10.0 Å². The molecule has 1 aromatic heterocycles. The Morgan fingerprint density at radius 1 is 1.08 bits per heavy atom. The van der Waals surface area contributed by atoms with Gasteiger partial charge in [0, 0.05) is 17.3 Å². The lowest BCUT2D eigenvalue weighted by atomic mass is 10.0. The molecule has 0 bridgehead atoms. The summed E-state index contributed by atoms with van der Waals surface area (Å²) in [5, 5.41) is 5.52. The van der Waals surface area contributed by atoms with Crippen molar-refractivity contribution >= 4 is 32.2 Å². The van der Waals surface area contributed by atoms with Crippen LogP contribution in [0.4, 0.5) is 10.8 Å². The first-order chi connectivity index (χ1) is 12.1. The molecule has 5 nitrogen and oxygen atoms in total. The molecule has 0 spiro atoms. The predicted octanol–water partition coefficient (Wildman–Crippen LogP) is 4.51. The molecule has 0 unspecified atom stereocenters. The number of sulfonamides is 1. The minimum Gasteiger partial charge on any atom is -0.378 e. The fraction of sp³-hybridized carbons (Fsp3) is 0.167. The zero-order chi connectivity index (χ0) is 17.7. The maximum absolute atomic E-state index is 12.3. The van der Waals surface area contributed by atoms with E-state index >= 15 is 0 Å². The fourth-order valence-electron chi connectivity index (χ4n) is 2.49. The molecule has 1 heterocycles. The minimum absolute atomic E-state index is 0.178. The van der Waals surface area contributed by atoms with Crippen LogP contribution in [0.5, 0.6) is 0 Å². The molecule has 130 valence electrons. The lowest BCUT2D eigenvalue weighted by Gasteiger charge is -2.19. The SMILES string of the molecule is CC[C@H](Nc1ccc(S(=O)(=O)Nc2nccs2)cc1)c1ccccc1. The fourth-order valence-corrected chi connectivity index (χ4v) is 4.27. The standard InChI is InChI=1S/C18H19N3O2S2/c1-2-17(14-6-4-3-5-7-14)20-15-8-10-16(11-9-15)25(22,23)21-18-19-12-13-24-18/h3-13,17,20H,2H2,1H3,(H,19,21)/t17-/m0/s1. The van der Waals surface area contributed by atoms with Crippen molar-refractivity contribution in [2.75, 3.05) is 10.0 Å². The number of hydrogen-bond donors (Lipinski definition) is 2. The number of nitrogens with one attached hydrogen (secondary N) is 2. The zero-order valence-electron chi connectivity index (χ0n) is 13.7. The van der Waals surface area contributed by atoms with E-state index in [1.807, 2.05) is 18.2 Å². The smallest absolute Gasteiger partial charge is 0.263 e. The van der Waals surface area contributed by atoms with E-state index in [2.05, 4.69) is 34.1 Å². The summed E-state index contributed by atoms with van der Waals surface area (Å²) in [5.74, 6) is 0. The molecule has 0 radical (unpaired) electrons. The molecular formula is C18H19N3O2S2. The van der Waals surface area contributed by atoms with Crippen LogP contribution in [0.25, 0.3) is 0 Å². The molecule has 7 heteroatoms. The molecule has 2 N–H and O–H groups in total. The third kappa shape index (κ3) is 4.37. The van der Waals surface area contributed by atoms with Gasteiger partial charge in [0.25, 0.3) is 10.0 Å². The van der Waals surface area contributed by atoms with Gasteiger partial charge in [-0.25, -0.2) is 13.4 Å². The molecule has 2 aromatic carbocycles. The van der Waals surface area contributed by atoms with Crippen LogP contribution in [0.1, 0.15) is 24.9 Å². The zero-order valence-corrected chi connectivity index (χ0v) is 15.3. The Morgan fingerprint density at radius 3 is 2.40 bits per heavy atom. The molecule has 0 saturated heterocycles. The van der Waals surface area contributed by atoms with Gasteiger partial charge in [0.2, 0.25) is 0 Å². The van der Waals surface area contributed by atoms with Crippen molar-refractivity contribution in [2.24, 2.45) is 0 Å². The topological polar surface area (TPSA) is 71.1 Å². The van der Waals surface area contributed by atoms with Gasteiger partial charge in [-0.1, -0.05) is 37.3 Å². The second-order valence-corrected chi connectivity index (χ2v) is 8.06. The van der Waals surface area contributed by atoms with Crippen LogP contribution >= 0.6 is 11.3 Å². The van der Waals surface area contributed by atoms with Gasteiger partial charge in [0.05, 0.1) is 10.9 Å². The Labute approximate surface area is 151 Å². The predicted molar refractivity (Wildman–Crippen MR) is 102 cm³/mol. The maximum Gasteiger partial charge on any atom is 0.263 e. The van der Waals surface area contributed by atoms with Crippen molar-refractivity contribution in [1.82, 2.24) is 4.98 Å². The lowest BCUT2D eigenvalue weighted by molar-refractivity contribution is 0.601. The summed E-state index contributed by atoms with van der Waals surface area (Å²) in [6.07, 6.45) is 2.49. The van der Waals surface area contributed by atoms with E-state index in [4.69, 9.17) is 0 Å². The second-order valence-electron chi connectivity index (χ2n) is 5.48. The summed E-state index contributed by atoms with van der Waals surface area (Å²) >= 11 is 1.24. The third-order valence-electron chi connectivity index (χ3n) is 3.77. The molecule has 0 saturated carbocycles. The van der Waals surface area contributed by atoms with E-state index in [1.54, 1.807) is 35.8 Å². The highest BCUT2D eigenvalue weighted by molar-refractivity contribution is 7.93. The van der Waals surface area contributed by atoms with E-state index in [1.165, 1.54) is 16.9 Å². The quantitative estimate of drug-likeness (QED) is 0.639. The molecule has 0 aliphatic carbocycles. The summed E-state index contributed by atoms with van der Waals surface area (Å²) in [4.78, 5) is 4.15. The lowest BCUT2D eigenvalue weighted by Crippen LogP contribution is -2.13. The summed E-state index contributed by atoms with van der Waals surface area (Å²) in [6.45, 7) is 2.11. The van der Waals surface area contributed by atoms with E-state index in [-0.39, 0.29) is 10.9 Å². The second kappa shape index (κ2) is 7.67. The van der Waals surface area contributed by atoms with Gasteiger partial charge in [0.1, 0.15) is 0 Å². The highest BCUT2D eigenvalue weighted by atomic mass is 32.2. The molecule has 0 amide bonds. The van der Waals surface area contributed by atoms with Crippen LogP contribution in [-0.4, -0.2) is 13.4 Å². The van der Waals surface area contributed by atoms with Crippen LogP contribution in [0.3, 0.4) is 0 Å². The summed E-state index contributed by atoms with van der Waals surface area (Å²) in [6, 6.07) is 17.1. The molecule has 3 rings (SSSR count). The highest BCUT2D eigenvalue weighted by Gasteiger charge is 2.16. The van der Waals surface area contributed by atoms with Gasteiger partial charge in [-0.05, 0) is 36.2 Å². The number of aromatic nitrogens is 1. The molecule has 0 aliphatic heterocycles. The average Bonchev–Trinajstić information content (AvgIpc) is 3.13. The summed E-state index contributed by atoms with van der Waals surface area (Å²) < 4.78 is 27.2. The van der Waals surface area contributed by atoms with Crippen LogP contribution in [0, 0.1) is 0 Å². The van der Waals surface area contributed by atoms with Crippen molar-refractivity contribution < 1.29 is 8.42 Å². The third-order valence-corrected chi connectivity index (χ3v) is 5.94. The van der Waals surface area contributed by atoms with Crippen LogP contribution in [0.2, 0.25) is 0 Å². The van der Waals surface area contributed by atoms with Crippen molar-refractivity contribution in [3.8, 4) is 0 Å².